The Bertz CT molecular complexity index is 828. The van der Waals surface area contributed by atoms with Crippen LogP contribution in [-0.2, 0) is 12.0 Å². The van der Waals surface area contributed by atoms with Crippen LogP contribution in [0.3, 0.4) is 0 Å². The Morgan fingerprint density at radius 2 is 1.88 bits per heavy atom. The van der Waals surface area contributed by atoms with Crippen LogP contribution < -0.4 is 4.74 Å². The topological polar surface area (TPSA) is 63.7 Å². The van der Waals surface area contributed by atoms with Gasteiger partial charge < -0.3 is 4.74 Å². The first-order valence-electron chi connectivity index (χ1n) is 7.89. The van der Waals surface area contributed by atoms with Crippen molar-refractivity contribution in [2.45, 2.75) is 18.4 Å². The third kappa shape index (κ3) is 4.25. The average molecular weight is 397 g/mol. The van der Waals surface area contributed by atoms with Gasteiger partial charge in [0.1, 0.15) is 23.8 Å². The molecule has 1 atom stereocenters. The standard InChI is InChI=1S/C19H17BrN4O/c20-17-6-8-18(9-7-17)25-11-10-19(12-21,13-24-15-22-14-23-24)16-4-2-1-3-5-16/h1-9,14-15H,10-11,13H2. The SMILES string of the molecule is N#CC(CCOc1ccc(Br)cc1)(Cn1cncn1)c1ccccc1. The summed E-state index contributed by atoms with van der Waals surface area (Å²) in [5.41, 5.74) is 0.219. The molecule has 3 aromatic rings. The van der Waals surface area contributed by atoms with E-state index in [9.17, 15) is 5.26 Å². The fourth-order valence-electron chi connectivity index (χ4n) is 2.69. The highest BCUT2D eigenvalue weighted by molar-refractivity contribution is 9.10. The smallest absolute Gasteiger partial charge is 0.137 e. The van der Waals surface area contributed by atoms with Crippen molar-refractivity contribution in [2.24, 2.45) is 0 Å². The number of rotatable bonds is 7. The Balaban J connectivity index is 1.78. The molecule has 0 aliphatic rings. The minimum absolute atomic E-state index is 0.428. The molecule has 126 valence electrons. The maximum Gasteiger partial charge on any atom is 0.137 e. The molecule has 6 heteroatoms. The van der Waals surface area contributed by atoms with Gasteiger partial charge in [-0.15, -0.1) is 0 Å². The van der Waals surface area contributed by atoms with Crippen molar-refractivity contribution in [3.8, 4) is 11.8 Å². The quantitative estimate of drug-likeness (QED) is 0.605. The summed E-state index contributed by atoms with van der Waals surface area (Å²) in [6.45, 7) is 0.857. The van der Waals surface area contributed by atoms with Crippen molar-refractivity contribution in [1.29, 1.82) is 5.26 Å². The normalized spacial score (nSPS) is 13.0. The van der Waals surface area contributed by atoms with Crippen LogP contribution in [0.2, 0.25) is 0 Å². The Morgan fingerprint density at radius 3 is 2.52 bits per heavy atom. The van der Waals surface area contributed by atoms with Crippen LogP contribution in [0.15, 0.2) is 71.7 Å². The van der Waals surface area contributed by atoms with Gasteiger partial charge in [0, 0.05) is 10.9 Å². The van der Waals surface area contributed by atoms with Crippen molar-refractivity contribution in [3.63, 3.8) is 0 Å². The monoisotopic (exact) mass is 396 g/mol. The molecule has 0 spiro atoms. The van der Waals surface area contributed by atoms with E-state index in [2.05, 4.69) is 32.1 Å². The van der Waals surface area contributed by atoms with Crippen LogP contribution in [0.4, 0.5) is 0 Å². The van der Waals surface area contributed by atoms with Crippen molar-refractivity contribution in [1.82, 2.24) is 14.8 Å². The van der Waals surface area contributed by atoms with E-state index < -0.39 is 5.41 Å². The van der Waals surface area contributed by atoms with Gasteiger partial charge in [0.2, 0.25) is 0 Å². The van der Waals surface area contributed by atoms with E-state index in [4.69, 9.17) is 4.74 Å². The van der Waals surface area contributed by atoms with Gasteiger partial charge >= 0.3 is 0 Å². The second kappa shape index (κ2) is 7.95. The van der Waals surface area contributed by atoms with E-state index in [1.54, 1.807) is 11.0 Å². The molecule has 1 unspecified atom stereocenters. The zero-order chi connectivity index (χ0) is 17.5. The minimum atomic E-state index is -0.732. The summed E-state index contributed by atoms with van der Waals surface area (Å²) in [5, 5.41) is 14.1. The molecule has 25 heavy (non-hydrogen) atoms. The van der Waals surface area contributed by atoms with Crippen LogP contribution in [0, 0.1) is 11.3 Å². The molecule has 0 bridgehead atoms. The molecule has 2 aromatic carbocycles. The van der Waals surface area contributed by atoms with Crippen LogP contribution in [-0.4, -0.2) is 21.4 Å². The number of nitrogens with zero attached hydrogens (tertiary/aromatic N) is 4. The molecular weight excluding hydrogens is 380 g/mol. The lowest BCUT2D eigenvalue weighted by Crippen LogP contribution is -2.32. The Hall–Kier alpha value is -2.65. The summed E-state index contributed by atoms with van der Waals surface area (Å²) < 4.78 is 8.53. The molecule has 3 rings (SSSR count). The average Bonchev–Trinajstić information content (AvgIpc) is 3.16. The van der Waals surface area contributed by atoms with E-state index in [1.165, 1.54) is 6.33 Å². The Labute approximate surface area is 155 Å². The van der Waals surface area contributed by atoms with Crippen LogP contribution in [0.1, 0.15) is 12.0 Å². The first-order valence-corrected chi connectivity index (χ1v) is 8.69. The highest BCUT2D eigenvalue weighted by Crippen LogP contribution is 2.30. The predicted molar refractivity (Wildman–Crippen MR) is 98.0 cm³/mol. The summed E-state index contributed by atoms with van der Waals surface area (Å²) in [6, 6.07) is 19.9. The third-order valence-corrected chi connectivity index (χ3v) is 4.58. The first-order chi connectivity index (χ1) is 12.2. The number of hydrogen-bond donors (Lipinski definition) is 0. The van der Waals surface area contributed by atoms with E-state index in [0.29, 0.717) is 19.6 Å². The number of hydrogen-bond acceptors (Lipinski definition) is 4. The summed E-state index contributed by atoms with van der Waals surface area (Å²) >= 11 is 3.41. The predicted octanol–water partition coefficient (Wildman–Crippen LogP) is 3.97. The molecule has 5 nitrogen and oxygen atoms in total. The molecule has 0 radical (unpaired) electrons. The molecule has 0 aliphatic heterocycles. The maximum atomic E-state index is 9.99. The van der Waals surface area contributed by atoms with Gasteiger partial charge in [0.15, 0.2) is 0 Å². The lowest BCUT2D eigenvalue weighted by molar-refractivity contribution is 0.264. The highest BCUT2D eigenvalue weighted by atomic mass is 79.9. The Kier molecular flexibility index (Phi) is 5.46. The molecule has 1 aromatic heterocycles. The summed E-state index contributed by atoms with van der Waals surface area (Å²) in [7, 11) is 0. The van der Waals surface area contributed by atoms with Crippen LogP contribution >= 0.6 is 15.9 Å². The third-order valence-electron chi connectivity index (χ3n) is 4.05. The lowest BCUT2D eigenvalue weighted by atomic mass is 9.79. The van der Waals surface area contributed by atoms with Gasteiger partial charge in [-0.2, -0.15) is 10.4 Å². The van der Waals surface area contributed by atoms with Crippen molar-refractivity contribution < 1.29 is 4.74 Å². The molecule has 0 N–H and O–H groups in total. The van der Waals surface area contributed by atoms with Gasteiger partial charge in [-0.1, -0.05) is 46.3 Å². The van der Waals surface area contributed by atoms with Crippen LogP contribution in [0.25, 0.3) is 0 Å². The number of nitriles is 1. The number of aromatic nitrogens is 3. The maximum absolute atomic E-state index is 9.99. The zero-order valence-corrected chi connectivity index (χ0v) is 15.1. The van der Waals surface area contributed by atoms with Crippen molar-refractivity contribution in [2.75, 3.05) is 6.61 Å². The van der Waals surface area contributed by atoms with Crippen molar-refractivity contribution in [3.05, 3.63) is 77.3 Å². The van der Waals surface area contributed by atoms with Gasteiger partial charge in [-0.25, -0.2) is 4.98 Å². The minimum Gasteiger partial charge on any atom is -0.494 e. The molecule has 0 amide bonds. The largest absolute Gasteiger partial charge is 0.494 e. The van der Waals surface area contributed by atoms with E-state index in [1.807, 2.05) is 54.6 Å². The lowest BCUT2D eigenvalue weighted by Gasteiger charge is -2.27. The second-order valence-electron chi connectivity index (χ2n) is 5.71. The van der Waals surface area contributed by atoms with E-state index in [0.717, 1.165) is 15.8 Å². The second-order valence-corrected chi connectivity index (χ2v) is 6.62. The number of ether oxygens (including phenoxy) is 1. The summed E-state index contributed by atoms with van der Waals surface area (Å²) in [5.74, 6) is 0.781. The molecule has 1 heterocycles. The number of halogens is 1. The van der Waals surface area contributed by atoms with E-state index >= 15 is 0 Å². The summed E-state index contributed by atoms with van der Waals surface area (Å²) in [4.78, 5) is 3.98. The first kappa shape index (κ1) is 17.2. The van der Waals surface area contributed by atoms with Gasteiger partial charge in [-0.05, 0) is 29.8 Å². The summed E-state index contributed by atoms with van der Waals surface area (Å²) in [6.07, 6.45) is 3.65. The molecule has 0 aliphatic carbocycles. The van der Waals surface area contributed by atoms with Gasteiger partial charge in [-0.3, -0.25) is 4.68 Å². The van der Waals surface area contributed by atoms with Crippen LogP contribution in [0.5, 0.6) is 5.75 Å². The fraction of sp³-hybridized carbons (Fsp3) is 0.211. The molecule has 0 saturated carbocycles. The van der Waals surface area contributed by atoms with Crippen molar-refractivity contribution >= 4 is 15.9 Å². The number of benzene rings is 2. The fourth-order valence-corrected chi connectivity index (χ4v) is 2.96. The zero-order valence-electron chi connectivity index (χ0n) is 13.5. The van der Waals surface area contributed by atoms with E-state index in [-0.39, 0.29) is 0 Å². The Morgan fingerprint density at radius 1 is 1.12 bits per heavy atom. The molecule has 0 fully saturated rings. The molecular formula is C19H17BrN4O. The van der Waals surface area contributed by atoms with Gasteiger partial charge in [0.05, 0.1) is 19.2 Å². The van der Waals surface area contributed by atoms with Gasteiger partial charge in [0.25, 0.3) is 0 Å². The molecule has 0 saturated heterocycles. The highest BCUT2D eigenvalue weighted by Gasteiger charge is 2.33.